The number of ether oxygens (including phenoxy) is 1. The van der Waals surface area contributed by atoms with E-state index in [9.17, 15) is 4.39 Å². The first-order valence-corrected chi connectivity index (χ1v) is 7.30. The third-order valence-corrected chi connectivity index (χ3v) is 3.87. The second kappa shape index (κ2) is 6.69. The van der Waals surface area contributed by atoms with Gasteiger partial charge in [0.05, 0.1) is 12.2 Å². The summed E-state index contributed by atoms with van der Waals surface area (Å²) >= 11 is 5.78. The summed E-state index contributed by atoms with van der Waals surface area (Å²) in [6, 6.07) is 5.03. The van der Waals surface area contributed by atoms with Crippen molar-refractivity contribution in [2.75, 3.05) is 6.54 Å². The van der Waals surface area contributed by atoms with Crippen LogP contribution in [-0.2, 0) is 11.2 Å². The normalized spacial score (nSPS) is 24.6. The highest BCUT2D eigenvalue weighted by Crippen LogP contribution is 2.25. The maximum Gasteiger partial charge on any atom is 0.127 e. The lowest BCUT2D eigenvalue weighted by atomic mass is 9.99. The van der Waals surface area contributed by atoms with E-state index in [0.717, 1.165) is 19.4 Å². The zero-order valence-electron chi connectivity index (χ0n) is 11.5. The molecule has 3 atom stereocenters. The van der Waals surface area contributed by atoms with Gasteiger partial charge in [-0.05, 0) is 50.4 Å². The van der Waals surface area contributed by atoms with Gasteiger partial charge in [-0.25, -0.2) is 4.39 Å². The van der Waals surface area contributed by atoms with Gasteiger partial charge in [-0.1, -0.05) is 24.6 Å². The summed E-state index contributed by atoms with van der Waals surface area (Å²) in [6.45, 7) is 5.00. The molecular formula is C15H21ClFNO. The summed E-state index contributed by atoms with van der Waals surface area (Å²) < 4.78 is 19.8. The molecule has 1 heterocycles. The molecule has 4 heteroatoms. The highest BCUT2D eigenvalue weighted by atomic mass is 35.5. The standard InChI is InChI=1S/C15H21ClFNO/c1-3-18-14(15-7-4-10(2)19-15)8-11-5-6-12(16)9-13(11)17/h5-6,9-10,14-15,18H,3-4,7-8H2,1-2H3. The van der Waals surface area contributed by atoms with E-state index in [1.807, 2.05) is 0 Å². The second-order valence-corrected chi connectivity index (χ2v) is 5.60. The van der Waals surface area contributed by atoms with Crippen LogP contribution in [0.1, 0.15) is 32.3 Å². The molecule has 1 saturated heterocycles. The maximum atomic E-state index is 13.9. The van der Waals surface area contributed by atoms with Gasteiger partial charge < -0.3 is 10.1 Å². The van der Waals surface area contributed by atoms with Crippen LogP contribution in [0.5, 0.6) is 0 Å². The molecule has 1 aliphatic rings. The fourth-order valence-corrected chi connectivity index (χ4v) is 2.81. The van der Waals surface area contributed by atoms with Crippen molar-refractivity contribution in [1.29, 1.82) is 0 Å². The predicted octanol–water partition coefficient (Wildman–Crippen LogP) is 3.57. The molecule has 0 saturated carbocycles. The molecule has 3 unspecified atom stereocenters. The Kier molecular flexibility index (Phi) is 5.20. The average molecular weight is 286 g/mol. The number of hydrogen-bond acceptors (Lipinski definition) is 2. The molecule has 2 rings (SSSR count). The summed E-state index contributed by atoms with van der Waals surface area (Å²) in [5, 5.41) is 3.85. The van der Waals surface area contributed by atoms with Gasteiger partial charge in [0.25, 0.3) is 0 Å². The molecule has 0 bridgehead atoms. The number of halogens is 2. The molecule has 1 N–H and O–H groups in total. The van der Waals surface area contributed by atoms with Crippen molar-refractivity contribution in [2.45, 2.75) is 51.4 Å². The molecule has 1 aliphatic heterocycles. The smallest absolute Gasteiger partial charge is 0.127 e. The van der Waals surface area contributed by atoms with Crippen LogP contribution in [0.25, 0.3) is 0 Å². The van der Waals surface area contributed by atoms with Gasteiger partial charge in [-0.3, -0.25) is 0 Å². The predicted molar refractivity (Wildman–Crippen MR) is 76.1 cm³/mol. The van der Waals surface area contributed by atoms with Crippen molar-refractivity contribution in [3.63, 3.8) is 0 Å². The molecule has 0 amide bonds. The quantitative estimate of drug-likeness (QED) is 0.893. The minimum Gasteiger partial charge on any atom is -0.374 e. The van der Waals surface area contributed by atoms with Gasteiger partial charge in [-0.2, -0.15) is 0 Å². The molecule has 1 aromatic rings. The zero-order valence-corrected chi connectivity index (χ0v) is 12.2. The molecule has 0 radical (unpaired) electrons. The Bertz CT molecular complexity index is 427. The van der Waals surface area contributed by atoms with Gasteiger partial charge in [0, 0.05) is 11.1 Å². The van der Waals surface area contributed by atoms with Gasteiger partial charge in [-0.15, -0.1) is 0 Å². The van der Waals surface area contributed by atoms with E-state index in [2.05, 4.69) is 19.2 Å². The van der Waals surface area contributed by atoms with Crippen LogP contribution in [-0.4, -0.2) is 24.8 Å². The Hall–Kier alpha value is -0.640. The van der Waals surface area contributed by atoms with Crippen molar-refractivity contribution < 1.29 is 9.13 Å². The number of hydrogen-bond donors (Lipinski definition) is 1. The Morgan fingerprint density at radius 1 is 1.47 bits per heavy atom. The van der Waals surface area contributed by atoms with Crippen LogP contribution >= 0.6 is 11.6 Å². The van der Waals surface area contributed by atoms with Gasteiger partial charge >= 0.3 is 0 Å². The van der Waals surface area contributed by atoms with Crippen molar-refractivity contribution >= 4 is 11.6 Å². The first kappa shape index (κ1) is 14.8. The third-order valence-electron chi connectivity index (χ3n) is 3.63. The Morgan fingerprint density at radius 2 is 2.26 bits per heavy atom. The molecule has 19 heavy (non-hydrogen) atoms. The SMILES string of the molecule is CCNC(Cc1ccc(Cl)cc1F)C1CCC(C)O1. The van der Waals surface area contributed by atoms with Crippen molar-refractivity contribution in [1.82, 2.24) is 5.32 Å². The Balaban J connectivity index is 2.07. The van der Waals surface area contributed by atoms with Gasteiger partial charge in [0.2, 0.25) is 0 Å². The molecule has 1 aromatic carbocycles. The second-order valence-electron chi connectivity index (χ2n) is 5.17. The van der Waals surface area contributed by atoms with E-state index < -0.39 is 0 Å². The summed E-state index contributed by atoms with van der Waals surface area (Å²) in [4.78, 5) is 0. The summed E-state index contributed by atoms with van der Waals surface area (Å²) in [6.07, 6.45) is 3.23. The van der Waals surface area contributed by atoms with Crippen LogP contribution < -0.4 is 5.32 Å². The van der Waals surface area contributed by atoms with Gasteiger partial charge in [0.1, 0.15) is 5.82 Å². The largest absolute Gasteiger partial charge is 0.374 e. The lowest BCUT2D eigenvalue weighted by molar-refractivity contribution is 0.0322. The monoisotopic (exact) mass is 285 g/mol. The van der Waals surface area contributed by atoms with Crippen LogP contribution in [0, 0.1) is 5.82 Å². The number of benzene rings is 1. The van der Waals surface area contributed by atoms with Crippen molar-refractivity contribution in [3.8, 4) is 0 Å². The highest BCUT2D eigenvalue weighted by molar-refractivity contribution is 6.30. The minimum absolute atomic E-state index is 0.158. The first-order chi connectivity index (χ1) is 9.10. The fourth-order valence-electron chi connectivity index (χ4n) is 2.65. The first-order valence-electron chi connectivity index (χ1n) is 6.93. The molecule has 2 nitrogen and oxygen atoms in total. The highest BCUT2D eigenvalue weighted by Gasteiger charge is 2.29. The van der Waals surface area contributed by atoms with Crippen LogP contribution in [0.15, 0.2) is 18.2 Å². The molecule has 1 fully saturated rings. The van der Waals surface area contributed by atoms with E-state index in [-0.39, 0.29) is 18.0 Å². The molecule has 0 spiro atoms. The molecular weight excluding hydrogens is 265 g/mol. The van der Waals surface area contributed by atoms with Crippen molar-refractivity contribution in [3.05, 3.63) is 34.6 Å². The zero-order chi connectivity index (χ0) is 13.8. The average Bonchev–Trinajstić information content (AvgIpc) is 2.78. The molecule has 0 aliphatic carbocycles. The van der Waals surface area contributed by atoms with E-state index in [1.165, 1.54) is 6.07 Å². The lowest BCUT2D eigenvalue weighted by Crippen LogP contribution is -2.41. The number of nitrogens with one attached hydrogen (secondary N) is 1. The fraction of sp³-hybridized carbons (Fsp3) is 0.600. The van der Waals surface area contributed by atoms with Crippen LogP contribution in [0.3, 0.4) is 0 Å². The van der Waals surface area contributed by atoms with Gasteiger partial charge in [0.15, 0.2) is 0 Å². The summed E-state index contributed by atoms with van der Waals surface area (Å²) in [5.41, 5.74) is 0.693. The third kappa shape index (κ3) is 3.91. The summed E-state index contributed by atoms with van der Waals surface area (Å²) in [5.74, 6) is -0.235. The number of rotatable bonds is 5. The maximum absolute atomic E-state index is 13.9. The lowest BCUT2D eigenvalue weighted by Gasteiger charge is -2.24. The van der Waals surface area contributed by atoms with E-state index in [0.29, 0.717) is 23.1 Å². The topological polar surface area (TPSA) is 21.3 Å². The summed E-state index contributed by atoms with van der Waals surface area (Å²) in [7, 11) is 0. The Labute approximate surface area is 119 Å². The van der Waals surface area contributed by atoms with Crippen LogP contribution in [0.2, 0.25) is 5.02 Å². The van der Waals surface area contributed by atoms with E-state index in [4.69, 9.17) is 16.3 Å². The van der Waals surface area contributed by atoms with Crippen LogP contribution in [0.4, 0.5) is 4.39 Å². The minimum atomic E-state index is -0.235. The molecule has 106 valence electrons. The van der Waals surface area contributed by atoms with Crippen molar-refractivity contribution in [2.24, 2.45) is 0 Å². The Morgan fingerprint density at radius 3 is 2.84 bits per heavy atom. The van der Waals surface area contributed by atoms with E-state index in [1.54, 1.807) is 12.1 Å². The molecule has 0 aromatic heterocycles. The van der Waals surface area contributed by atoms with E-state index >= 15 is 0 Å². The number of likely N-dealkylation sites (N-methyl/N-ethyl adjacent to an activating group) is 1.